The third kappa shape index (κ3) is 4.10. The van der Waals surface area contributed by atoms with E-state index in [1.54, 1.807) is 31.3 Å². The molecule has 1 aromatic heterocycles. The van der Waals surface area contributed by atoms with E-state index >= 15 is 0 Å². The van der Waals surface area contributed by atoms with Crippen molar-refractivity contribution in [2.75, 3.05) is 13.6 Å². The number of carbonyl (C=O) groups is 1. The summed E-state index contributed by atoms with van der Waals surface area (Å²) in [6, 6.07) is 8.97. The van der Waals surface area contributed by atoms with Gasteiger partial charge in [0.2, 0.25) is 0 Å². The highest BCUT2D eigenvalue weighted by Gasteiger charge is 2.12. The van der Waals surface area contributed by atoms with Gasteiger partial charge >= 0.3 is 0 Å². The lowest BCUT2D eigenvalue weighted by atomic mass is 10.2. The van der Waals surface area contributed by atoms with Crippen LogP contribution in [0.4, 0.5) is 0 Å². The number of hydrogen-bond acceptors (Lipinski definition) is 5. The number of carbonyl (C=O) groups excluding carboxylic acids is 1. The number of amides is 1. The fourth-order valence-corrected chi connectivity index (χ4v) is 2.10. The highest BCUT2D eigenvalue weighted by Crippen LogP contribution is 2.18. The molecule has 0 aliphatic rings. The summed E-state index contributed by atoms with van der Waals surface area (Å²) in [4.78, 5) is 13.7. The number of nitrogens with zero attached hydrogens (tertiary/aromatic N) is 3. The van der Waals surface area contributed by atoms with Crippen LogP contribution >= 0.6 is 0 Å². The molecule has 120 valence electrons. The zero-order valence-electron chi connectivity index (χ0n) is 13.5. The van der Waals surface area contributed by atoms with Crippen LogP contribution in [-0.4, -0.2) is 29.6 Å². The first kappa shape index (κ1) is 16.6. The number of rotatable bonds is 6. The molecule has 0 aliphatic carbocycles. The summed E-state index contributed by atoms with van der Waals surface area (Å²) in [6.07, 6.45) is 0.320. The second kappa shape index (κ2) is 7.45. The van der Waals surface area contributed by atoms with Crippen molar-refractivity contribution in [3.63, 3.8) is 0 Å². The van der Waals surface area contributed by atoms with Crippen LogP contribution in [0.15, 0.2) is 28.8 Å². The van der Waals surface area contributed by atoms with Crippen molar-refractivity contribution >= 4 is 5.91 Å². The Kier molecular flexibility index (Phi) is 5.36. The molecule has 0 fully saturated rings. The molecular formula is C17H19N3O3. The van der Waals surface area contributed by atoms with Gasteiger partial charge in [0.25, 0.3) is 5.91 Å². The van der Waals surface area contributed by atoms with Gasteiger partial charge in [-0.25, -0.2) is 0 Å². The maximum Gasteiger partial charge on any atom is 0.253 e. The maximum atomic E-state index is 12.2. The van der Waals surface area contributed by atoms with E-state index in [0.717, 1.165) is 17.0 Å². The van der Waals surface area contributed by atoms with Crippen molar-refractivity contribution in [2.24, 2.45) is 0 Å². The molecule has 0 atom stereocenters. The van der Waals surface area contributed by atoms with Gasteiger partial charge in [0.05, 0.1) is 23.7 Å². The van der Waals surface area contributed by atoms with Crippen molar-refractivity contribution < 1.29 is 14.1 Å². The Bertz CT molecular complexity index is 694. The van der Waals surface area contributed by atoms with Gasteiger partial charge in [-0.1, -0.05) is 5.16 Å². The van der Waals surface area contributed by atoms with Crippen molar-refractivity contribution in [1.82, 2.24) is 10.1 Å². The first-order chi connectivity index (χ1) is 11.0. The van der Waals surface area contributed by atoms with Gasteiger partial charge < -0.3 is 14.2 Å². The van der Waals surface area contributed by atoms with E-state index in [9.17, 15) is 4.79 Å². The summed E-state index contributed by atoms with van der Waals surface area (Å²) in [5, 5.41) is 12.4. The largest absolute Gasteiger partial charge is 0.489 e. The molecule has 0 radical (unpaired) electrons. The van der Waals surface area contributed by atoms with E-state index in [0.29, 0.717) is 30.9 Å². The molecule has 0 aliphatic heterocycles. The molecule has 0 saturated carbocycles. The van der Waals surface area contributed by atoms with Crippen molar-refractivity contribution in [3.8, 4) is 11.8 Å². The van der Waals surface area contributed by atoms with Gasteiger partial charge in [-0.05, 0) is 38.1 Å². The van der Waals surface area contributed by atoms with E-state index in [2.05, 4.69) is 5.16 Å². The molecule has 6 nitrogen and oxygen atoms in total. The Balaban J connectivity index is 1.97. The fourth-order valence-electron chi connectivity index (χ4n) is 2.10. The van der Waals surface area contributed by atoms with Crippen LogP contribution in [0.25, 0.3) is 0 Å². The Morgan fingerprint density at radius 2 is 2.04 bits per heavy atom. The number of nitriles is 1. The quantitative estimate of drug-likeness (QED) is 0.819. The number of hydrogen-bond donors (Lipinski definition) is 0. The Morgan fingerprint density at radius 1 is 1.35 bits per heavy atom. The summed E-state index contributed by atoms with van der Waals surface area (Å²) in [7, 11) is 1.68. The summed E-state index contributed by atoms with van der Waals surface area (Å²) >= 11 is 0. The first-order valence-corrected chi connectivity index (χ1v) is 7.30. The van der Waals surface area contributed by atoms with Crippen molar-refractivity contribution in [1.29, 1.82) is 5.26 Å². The number of ether oxygens (including phenoxy) is 1. The molecule has 1 amide bonds. The van der Waals surface area contributed by atoms with Crippen LogP contribution in [0.3, 0.4) is 0 Å². The van der Waals surface area contributed by atoms with Crippen LogP contribution < -0.4 is 4.74 Å². The molecule has 0 unspecified atom stereocenters. The predicted octanol–water partition coefficient (Wildman–Crippen LogP) is 2.86. The Hall–Kier alpha value is -2.81. The molecule has 2 rings (SSSR count). The van der Waals surface area contributed by atoms with Crippen LogP contribution in [0.5, 0.6) is 5.75 Å². The standard InChI is InChI=1S/C17H19N3O3/c1-12-16(13(2)23-19-12)11-22-15-7-5-14(6-8-15)17(21)20(3)10-4-9-18/h5-8H,4,10-11H2,1-3H3. The minimum Gasteiger partial charge on any atom is -0.489 e. The molecule has 1 heterocycles. The van der Waals surface area contributed by atoms with Gasteiger partial charge in [-0.3, -0.25) is 4.79 Å². The molecule has 0 bridgehead atoms. The number of aromatic nitrogens is 1. The zero-order valence-corrected chi connectivity index (χ0v) is 13.5. The third-order valence-corrected chi connectivity index (χ3v) is 3.57. The van der Waals surface area contributed by atoms with Crippen LogP contribution in [0, 0.1) is 25.2 Å². The lowest BCUT2D eigenvalue weighted by molar-refractivity contribution is 0.0798. The van der Waals surface area contributed by atoms with Crippen LogP contribution in [-0.2, 0) is 6.61 Å². The van der Waals surface area contributed by atoms with Gasteiger partial charge in [0.1, 0.15) is 18.1 Å². The van der Waals surface area contributed by atoms with E-state index in [1.165, 1.54) is 4.90 Å². The van der Waals surface area contributed by atoms with E-state index in [-0.39, 0.29) is 5.91 Å². The molecule has 23 heavy (non-hydrogen) atoms. The molecule has 0 spiro atoms. The third-order valence-electron chi connectivity index (χ3n) is 3.57. The average Bonchev–Trinajstić information content (AvgIpc) is 2.89. The van der Waals surface area contributed by atoms with Gasteiger partial charge in [0.15, 0.2) is 0 Å². The topological polar surface area (TPSA) is 79.4 Å². The second-order valence-electron chi connectivity index (χ2n) is 5.25. The minimum atomic E-state index is -0.113. The van der Waals surface area contributed by atoms with E-state index in [4.69, 9.17) is 14.5 Å². The smallest absolute Gasteiger partial charge is 0.253 e. The fraction of sp³-hybridized carbons (Fsp3) is 0.353. The highest BCUT2D eigenvalue weighted by molar-refractivity contribution is 5.94. The molecule has 1 aromatic carbocycles. The number of aryl methyl sites for hydroxylation is 2. The van der Waals surface area contributed by atoms with Crippen molar-refractivity contribution in [3.05, 3.63) is 46.8 Å². The lowest BCUT2D eigenvalue weighted by Crippen LogP contribution is -2.27. The zero-order chi connectivity index (χ0) is 16.8. The SMILES string of the molecule is Cc1noc(C)c1COc1ccc(C(=O)N(C)CCC#N)cc1. The van der Waals surface area contributed by atoms with E-state index < -0.39 is 0 Å². The van der Waals surface area contributed by atoms with Gasteiger partial charge in [-0.15, -0.1) is 0 Å². The van der Waals surface area contributed by atoms with Crippen LogP contribution in [0.2, 0.25) is 0 Å². The predicted molar refractivity (Wildman–Crippen MR) is 83.9 cm³/mol. The molecule has 2 aromatic rings. The normalized spacial score (nSPS) is 10.2. The second-order valence-corrected chi connectivity index (χ2v) is 5.25. The van der Waals surface area contributed by atoms with Crippen molar-refractivity contribution in [2.45, 2.75) is 26.9 Å². The highest BCUT2D eigenvalue weighted by atomic mass is 16.5. The number of benzene rings is 1. The maximum absolute atomic E-state index is 12.2. The van der Waals surface area contributed by atoms with E-state index in [1.807, 2.05) is 19.9 Å². The minimum absolute atomic E-state index is 0.113. The van der Waals surface area contributed by atoms with Crippen LogP contribution in [0.1, 0.15) is 33.8 Å². The Morgan fingerprint density at radius 3 is 2.61 bits per heavy atom. The molecule has 0 saturated heterocycles. The summed E-state index contributed by atoms with van der Waals surface area (Å²) in [5.74, 6) is 1.30. The summed E-state index contributed by atoms with van der Waals surface area (Å²) < 4.78 is 10.8. The lowest BCUT2D eigenvalue weighted by Gasteiger charge is -2.15. The Labute approximate surface area is 135 Å². The first-order valence-electron chi connectivity index (χ1n) is 7.30. The summed E-state index contributed by atoms with van der Waals surface area (Å²) in [5.41, 5.74) is 2.31. The van der Waals surface area contributed by atoms with Gasteiger partial charge in [-0.2, -0.15) is 5.26 Å². The molecule has 6 heteroatoms. The summed E-state index contributed by atoms with van der Waals surface area (Å²) in [6.45, 7) is 4.50. The monoisotopic (exact) mass is 313 g/mol. The molecular weight excluding hydrogens is 294 g/mol. The average molecular weight is 313 g/mol. The molecule has 0 N–H and O–H groups in total. The van der Waals surface area contributed by atoms with Gasteiger partial charge in [0, 0.05) is 19.2 Å².